The number of nitrogens with zero attached hydrogens (tertiary/aromatic N) is 2. The molecule has 2 aromatic carbocycles. The molecule has 0 atom stereocenters. The maximum absolute atomic E-state index is 13.0. The molecule has 1 amide bonds. The van der Waals surface area contributed by atoms with Crippen molar-refractivity contribution in [1.82, 2.24) is 10.3 Å². The number of furan rings is 1. The van der Waals surface area contributed by atoms with Gasteiger partial charge < -0.3 is 9.73 Å². The zero-order valence-corrected chi connectivity index (χ0v) is 17.3. The van der Waals surface area contributed by atoms with Crippen LogP contribution in [-0.2, 0) is 12.6 Å². The van der Waals surface area contributed by atoms with Gasteiger partial charge in [0, 0.05) is 35.7 Å². The van der Waals surface area contributed by atoms with Gasteiger partial charge >= 0.3 is 6.18 Å². The summed E-state index contributed by atoms with van der Waals surface area (Å²) in [5, 5.41) is 12.0. The topological polar surface area (TPSA) is 78.9 Å². The van der Waals surface area contributed by atoms with Gasteiger partial charge in [-0.15, -0.1) is 0 Å². The number of fused-ring (bicyclic) bond motifs is 1. The van der Waals surface area contributed by atoms with Crippen molar-refractivity contribution in [3.05, 3.63) is 89.3 Å². The number of rotatable bonds is 6. The smallest absolute Gasteiger partial charge is 0.416 e. The van der Waals surface area contributed by atoms with Crippen molar-refractivity contribution in [2.24, 2.45) is 0 Å². The molecule has 5 nitrogen and oxygen atoms in total. The van der Waals surface area contributed by atoms with Crippen molar-refractivity contribution in [1.29, 1.82) is 5.26 Å². The lowest BCUT2D eigenvalue weighted by Gasteiger charge is -2.07. The Morgan fingerprint density at radius 3 is 2.70 bits per heavy atom. The van der Waals surface area contributed by atoms with Crippen LogP contribution >= 0.6 is 0 Å². The second-order valence-electron chi connectivity index (χ2n) is 7.40. The van der Waals surface area contributed by atoms with E-state index < -0.39 is 11.7 Å². The Morgan fingerprint density at radius 1 is 1.09 bits per heavy atom. The van der Waals surface area contributed by atoms with Crippen molar-refractivity contribution < 1.29 is 22.4 Å². The molecule has 0 aliphatic rings. The molecule has 0 spiro atoms. The molecule has 166 valence electrons. The summed E-state index contributed by atoms with van der Waals surface area (Å²) in [6.07, 6.45) is -2.42. The van der Waals surface area contributed by atoms with E-state index >= 15 is 0 Å². The van der Waals surface area contributed by atoms with Crippen LogP contribution in [0.25, 0.3) is 22.2 Å². The highest BCUT2D eigenvalue weighted by Crippen LogP contribution is 2.32. The summed E-state index contributed by atoms with van der Waals surface area (Å²) in [4.78, 5) is 16.8. The van der Waals surface area contributed by atoms with E-state index in [9.17, 15) is 18.0 Å². The highest BCUT2D eigenvalue weighted by Gasteiger charge is 2.30. The fourth-order valence-corrected chi connectivity index (χ4v) is 3.53. The third-order valence-corrected chi connectivity index (χ3v) is 5.05. The lowest BCUT2D eigenvalue weighted by molar-refractivity contribution is -0.137. The van der Waals surface area contributed by atoms with E-state index in [1.807, 2.05) is 12.1 Å². The van der Waals surface area contributed by atoms with Gasteiger partial charge in [0.2, 0.25) is 0 Å². The summed E-state index contributed by atoms with van der Waals surface area (Å²) in [7, 11) is 0. The Kier molecular flexibility index (Phi) is 6.13. The molecular formula is C25H18F3N3O2. The van der Waals surface area contributed by atoms with Crippen LogP contribution in [-0.4, -0.2) is 17.4 Å². The highest BCUT2D eigenvalue weighted by atomic mass is 19.4. The number of nitrogens with one attached hydrogen (secondary N) is 1. The Bertz CT molecular complexity index is 1350. The van der Waals surface area contributed by atoms with Gasteiger partial charge in [-0.3, -0.25) is 9.78 Å². The second kappa shape index (κ2) is 9.17. The summed E-state index contributed by atoms with van der Waals surface area (Å²) in [5.41, 5.74) is 2.04. The van der Waals surface area contributed by atoms with E-state index in [1.54, 1.807) is 42.6 Å². The lowest BCUT2D eigenvalue weighted by atomic mass is 10.0. The maximum atomic E-state index is 13.0. The molecular weight excluding hydrogens is 431 g/mol. The molecule has 0 unspecified atom stereocenters. The Balaban J connectivity index is 1.63. The van der Waals surface area contributed by atoms with Crippen molar-refractivity contribution >= 4 is 16.9 Å². The van der Waals surface area contributed by atoms with E-state index in [4.69, 9.17) is 9.68 Å². The minimum absolute atomic E-state index is 0.194. The second-order valence-corrected chi connectivity index (χ2v) is 7.40. The van der Waals surface area contributed by atoms with E-state index in [2.05, 4.69) is 10.3 Å². The molecule has 2 aromatic heterocycles. The van der Waals surface area contributed by atoms with E-state index in [-0.39, 0.29) is 25.3 Å². The first-order valence-corrected chi connectivity index (χ1v) is 10.1. The molecule has 4 rings (SSSR count). The van der Waals surface area contributed by atoms with Crippen LogP contribution < -0.4 is 5.32 Å². The van der Waals surface area contributed by atoms with Crippen LogP contribution in [0, 0.1) is 11.3 Å². The number of amides is 1. The predicted octanol–water partition coefficient (Wildman–Crippen LogP) is 5.75. The number of aromatic nitrogens is 1. The number of carbonyl (C=O) groups is 1. The molecule has 33 heavy (non-hydrogen) atoms. The first-order valence-electron chi connectivity index (χ1n) is 10.1. The molecule has 8 heteroatoms. The van der Waals surface area contributed by atoms with Crippen LogP contribution in [0.4, 0.5) is 13.2 Å². The van der Waals surface area contributed by atoms with Crippen molar-refractivity contribution in [3.8, 4) is 17.3 Å². The standard InChI is InChI=1S/C25H18F3N3O2/c26-25(27,28)19-7-1-4-16(12-19)13-20-15-21-22(33-20)8-11-30-23(21)17-5-2-6-18(14-17)24(32)31-10-3-9-29/h1-2,4-8,11-12,14-15H,3,10,13H2,(H,31,32). The fourth-order valence-electron chi connectivity index (χ4n) is 3.53. The summed E-state index contributed by atoms with van der Waals surface area (Å²) in [5.74, 6) is 0.209. The largest absolute Gasteiger partial charge is 0.461 e. The van der Waals surface area contributed by atoms with Crippen molar-refractivity contribution in [2.45, 2.75) is 19.0 Å². The number of benzene rings is 2. The monoisotopic (exact) mass is 449 g/mol. The quantitative estimate of drug-likeness (QED) is 0.380. The number of hydrogen-bond acceptors (Lipinski definition) is 4. The van der Waals surface area contributed by atoms with Gasteiger partial charge in [-0.05, 0) is 35.9 Å². The molecule has 0 radical (unpaired) electrons. The predicted molar refractivity (Wildman–Crippen MR) is 116 cm³/mol. The van der Waals surface area contributed by atoms with E-state index in [0.29, 0.717) is 39.1 Å². The number of carbonyl (C=O) groups excluding carboxylic acids is 1. The maximum Gasteiger partial charge on any atom is 0.416 e. The van der Waals surface area contributed by atoms with Crippen LogP contribution in [0.15, 0.2) is 71.3 Å². The molecule has 0 aliphatic heterocycles. The SMILES string of the molecule is N#CCCNC(=O)c1cccc(-c2nccc3oc(Cc4cccc(C(F)(F)F)c4)cc23)c1. The average molecular weight is 449 g/mol. The van der Waals surface area contributed by atoms with Gasteiger partial charge in [0.25, 0.3) is 5.91 Å². The lowest BCUT2D eigenvalue weighted by Crippen LogP contribution is -2.24. The summed E-state index contributed by atoms with van der Waals surface area (Å²) >= 11 is 0. The summed E-state index contributed by atoms with van der Waals surface area (Å²) in [6.45, 7) is 0.258. The molecule has 1 N–H and O–H groups in total. The normalized spacial score (nSPS) is 11.3. The third kappa shape index (κ3) is 5.04. The van der Waals surface area contributed by atoms with E-state index in [1.165, 1.54) is 6.07 Å². The van der Waals surface area contributed by atoms with Crippen LogP contribution in [0.1, 0.15) is 33.7 Å². The number of pyridine rings is 1. The van der Waals surface area contributed by atoms with Crippen LogP contribution in [0.2, 0.25) is 0 Å². The zero-order chi connectivity index (χ0) is 23.4. The molecule has 0 fully saturated rings. The van der Waals surface area contributed by atoms with Crippen LogP contribution in [0.5, 0.6) is 0 Å². The third-order valence-electron chi connectivity index (χ3n) is 5.05. The molecule has 0 aliphatic carbocycles. The van der Waals surface area contributed by atoms with Gasteiger partial charge in [-0.25, -0.2) is 0 Å². The molecule has 0 saturated heterocycles. The van der Waals surface area contributed by atoms with Gasteiger partial charge in [0.05, 0.1) is 23.7 Å². The Morgan fingerprint density at radius 2 is 1.91 bits per heavy atom. The first kappa shape index (κ1) is 22.1. The number of alkyl halides is 3. The van der Waals surface area contributed by atoms with Crippen molar-refractivity contribution in [3.63, 3.8) is 0 Å². The fraction of sp³-hybridized carbons (Fsp3) is 0.160. The summed E-state index contributed by atoms with van der Waals surface area (Å²) < 4.78 is 44.9. The minimum atomic E-state index is -4.41. The molecule has 0 saturated carbocycles. The van der Waals surface area contributed by atoms with E-state index in [0.717, 1.165) is 12.1 Å². The minimum Gasteiger partial charge on any atom is -0.461 e. The Hall–Kier alpha value is -4.12. The number of halogens is 3. The number of hydrogen-bond donors (Lipinski definition) is 1. The highest BCUT2D eigenvalue weighted by molar-refractivity contribution is 5.97. The molecule has 0 bridgehead atoms. The number of nitriles is 1. The van der Waals surface area contributed by atoms with Gasteiger partial charge in [0.1, 0.15) is 11.3 Å². The Labute approximate surface area is 187 Å². The molecule has 4 aromatic rings. The zero-order valence-electron chi connectivity index (χ0n) is 17.3. The summed E-state index contributed by atoms with van der Waals surface area (Å²) in [6, 6.07) is 17.5. The van der Waals surface area contributed by atoms with Crippen molar-refractivity contribution in [2.75, 3.05) is 6.54 Å². The first-order chi connectivity index (χ1) is 15.8. The van der Waals surface area contributed by atoms with Gasteiger partial charge in [-0.1, -0.05) is 30.3 Å². The van der Waals surface area contributed by atoms with Crippen LogP contribution in [0.3, 0.4) is 0 Å². The van der Waals surface area contributed by atoms with Gasteiger partial charge in [0.15, 0.2) is 0 Å². The average Bonchev–Trinajstić information content (AvgIpc) is 3.21. The molecule has 2 heterocycles. The van der Waals surface area contributed by atoms with Gasteiger partial charge in [-0.2, -0.15) is 18.4 Å².